The lowest BCUT2D eigenvalue weighted by Crippen LogP contribution is -2.36. The first-order chi connectivity index (χ1) is 12.8. The van der Waals surface area contributed by atoms with Gasteiger partial charge in [-0.1, -0.05) is 42.5 Å². The zero-order chi connectivity index (χ0) is 18.2. The Morgan fingerprint density at radius 1 is 1.00 bits per heavy atom. The minimum absolute atomic E-state index is 0. The van der Waals surface area contributed by atoms with Gasteiger partial charge in [0.25, 0.3) is 0 Å². The average molecular weight is 476 g/mol. The summed E-state index contributed by atoms with van der Waals surface area (Å²) in [5.41, 5.74) is 3.22. The van der Waals surface area contributed by atoms with Gasteiger partial charge < -0.3 is 15.4 Å². The topological polar surface area (TPSA) is 58.5 Å². The summed E-state index contributed by atoms with van der Waals surface area (Å²) in [6.07, 6.45) is 1.83. The lowest BCUT2D eigenvalue weighted by atomic mass is 10.1. The second-order valence-electron chi connectivity index (χ2n) is 5.85. The number of hydrogen-bond donors (Lipinski definition) is 2. The maximum Gasteiger partial charge on any atom is 0.191 e. The van der Waals surface area contributed by atoms with E-state index in [1.54, 1.807) is 7.11 Å². The third-order valence-electron chi connectivity index (χ3n) is 4.11. The quantitative estimate of drug-likeness (QED) is 0.320. The van der Waals surface area contributed by atoms with Crippen molar-refractivity contribution in [3.8, 4) is 5.75 Å². The molecule has 0 aliphatic heterocycles. The molecular formula is C21H25IN4O. The fourth-order valence-corrected chi connectivity index (χ4v) is 2.83. The van der Waals surface area contributed by atoms with Crippen molar-refractivity contribution < 1.29 is 4.74 Å². The van der Waals surface area contributed by atoms with E-state index in [2.05, 4.69) is 51.8 Å². The molecule has 2 aromatic carbocycles. The number of ether oxygens (including phenoxy) is 1. The van der Waals surface area contributed by atoms with Gasteiger partial charge in [0.05, 0.1) is 19.2 Å². The second-order valence-corrected chi connectivity index (χ2v) is 5.85. The molecule has 0 aliphatic carbocycles. The number of aliphatic imine (C=N–C) groups is 1. The van der Waals surface area contributed by atoms with Crippen LogP contribution in [0.5, 0.6) is 5.75 Å². The molecule has 0 amide bonds. The van der Waals surface area contributed by atoms with Crippen molar-refractivity contribution in [3.05, 3.63) is 71.9 Å². The largest absolute Gasteiger partial charge is 0.496 e. The number of rotatable bonds is 6. The van der Waals surface area contributed by atoms with Gasteiger partial charge in [0.1, 0.15) is 5.75 Å². The third kappa shape index (κ3) is 5.56. The Morgan fingerprint density at radius 3 is 2.59 bits per heavy atom. The van der Waals surface area contributed by atoms with Crippen LogP contribution in [0.1, 0.15) is 18.1 Å². The van der Waals surface area contributed by atoms with Crippen LogP contribution in [-0.4, -0.2) is 24.6 Å². The van der Waals surface area contributed by atoms with E-state index in [1.807, 2.05) is 36.5 Å². The summed E-state index contributed by atoms with van der Waals surface area (Å²) in [6, 6.07) is 18.2. The fourth-order valence-electron chi connectivity index (χ4n) is 2.83. The van der Waals surface area contributed by atoms with Gasteiger partial charge in [-0.3, -0.25) is 4.98 Å². The molecule has 0 atom stereocenters. The van der Waals surface area contributed by atoms with Gasteiger partial charge in [-0.2, -0.15) is 0 Å². The number of benzene rings is 2. The van der Waals surface area contributed by atoms with Gasteiger partial charge in [-0.05, 0) is 24.6 Å². The maximum absolute atomic E-state index is 5.40. The second kappa shape index (κ2) is 10.7. The van der Waals surface area contributed by atoms with Crippen molar-refractivity contribution >= 4 is 40.8 Å². The van der Waals surface area contributed by atoms with Crippen LogP contribution in [0.25, 0.3) is 10.9 Å². The molecule has 0 fully saturated rings. The van der Waals surface area contributed by atoms with Gasteiger partial charge in [0.15, 0.2) is 5.96 Å². The Labute approximate surface area is 177 Å². The number of fused-ring (bicyclic) bond motifs is 1. The minimum Gasteiger partial charge on any atom is -0.496 e. The van der Waals surface area contributed by atoms with Crippen LogP contribution in [-0.2, 0) is 13.1 Å². The smallest absolute Gasteiger partial charge is 0.191 e. The molecule has 3 rings (SSSR count). The lowest BCUT2D eigenvalue weighted by molar-refractivity contribution is 0.410. The highest BCUT2D eigenvalue weighted by Crippen LogP contribution is 2.18. The van der Waals surface area contributed by atoms with E-state index in [0.29, 0.717) is 13.1 Å². The number of nitrogens with zero attached hydrogens (tertiary/aromatic N) is 2. The molecule has 2 N–H and O–H groups in total. The van der Waals surface area contributed by atoms with Crippen LogP contribution in [0.15, 0.2) is 65.8 Å². The molecule has 142 valence electrons. The first kappa shape index (κ1) is 21.0. The summed E-state index contributed by atoms with van der Waals surface area (Å²) in [5, 5.41) is 7.82. The zero-order valence-corrected chi connectivity index (χ0v) is 17.9. The maximum atomic E-state index is 5.40. The van der Waals surface area contributed by atoms with E-state index in [4.69, 9.17) is 4.74 Å². The first-order valence-corrected chi connectivity index (χ1v) is 8.78. The molecule has 0 aliphatic rings. The van der Waals surface area contributed by atoms with Gasteiger partial charge in [-0.25, -0.2) is 4.99 Å². The first-order valence-electron chi connectivity index (χ1n) is 8.78. The normalized spacial score (nSPS) is 11.0. The SMILES string of the molecule is CCNC(=NCc1ccccc1OC)NCc1cccc2cccnc12.I. The number of nitrogens with one attached hydrogen (secondary N) is 2. The minimum atomic E-state index is 0. The molecule has 6 heteroatoms. The van der Waals surface area contributed by atoms with E-state index in [-0.39, 0.29) is 24.0 Å². The van der Waals surface area contributed by atoms with Crippen LogP contribution < -0.4 is 15.4 Å². The summed E-state index contributed by atoms with van der Waals surface area (Å²) >= 11 is 0. The molecule has 0 spiro atoms. The van der Waals surface area contributed by atoms with E-state index in [9.17, 15) is 0 Å². The van der Waals surface area contributed by atoms with E-state index < -0.39 is 0 Å². The van der Waals surface area contributed by atoms with Crippen LogP contribution >= 0.6 is 24.0 Å². The van der Waals surface area contributed by atoms with Crippen molar-refractivity contribution in [1.29, 1.82) is 0 Å². The zero-order valence-electron chi connectivity index (χ0n) is 15.6. The van der Waals surface area contributed by atoms with Gasteiger partial charge in [0, 0.05) is 30.2 Å². The third-order valence-corrected chi connectivity index (χ3v) is 4.11. The Morgan fingerprint density at radius 2 is 1.78 bits per heavy atom. The summed E-state index contributed by atoms with van der Waals surface area (Å²) in [7, 11) is 1.68. The molecule has 0 saturated carbocycles. The Bertz CT molecular complexity index is 893. The number of guanidine groups is 1. The number of hydrogen-bond acceptors (Lipinski definition) is 3. The molecule has 0 saturated heterocycles. The Hall–Kier alpha value is -2.35. The number of pyridine rings is 1. The standard InChI is InChI=1S/C21H24N4O.HI/c1-3-22-21(24-14-17-8-4-5-12-19(17)26-2)25-15-18-10-6-9-16-11-7-13-23-20(16)18;/h4-13H,3,14-15H2,1-2H3,(H2,22,24,25);1H. The summed E-state index contributed by atoms with van der Waals surface area (Å²) in [6.45, 7) is 4.06. The molecule has 1 heterocycles. The summed E-state index contributed by atoms with van der Waals surface area (Å²) in [5.74, 6) is 1.62. The van der Waals surface area contributed by atoms with Crippen LogP contribution in [0, 0.1) is 0 Å². The van der Waals surface area contributed by atoms with Crippen LogP contribution in [0.3, 0.4) is 0 Å². The van der Waals surface area contributed by atoms with Gasteiger partial charge in [0.2, 0.25) is 0 Å². The summed E-state index contributed by atoms with van der Waals surface area (Å²) in [4.78, 5) is 9.19. The molecule has 5 nitrogen and oxygen atoms in total. The number of halogens is 1. The molecule has 1 aromatic heterocycles. The average Bonchev–Trinajstić information content (AvgIpc) is 2.70. The van der Waals surface area contributed by atoms with Crippen molar-refractivity contribution in [3.63, 3.8) is 0 Å². The highest BCUT2D eigenvalue weighted by molar-refractivity contribution is 14.0. The van der Waals surface area contributed by atoms with Gasteiger partial charge in [-0.15, -0.1) is 24.0 Å². The molecule has 27 heavy (non-hydrogen) atoms. The molecular weight excluding hydrogens is 451 g/mol. The van der Waals surface area contributed by atoms with Crippen molar-refractivity contribution in [2.24, 2.45) is 4.99 Å². The Balaban J connectivity index is 0.00000261. The van der Waals surface area contributed by atoms with E-state index in [0.717, 1.165) is 40.3 Å². The van der Waals surface area contributed by atoms with Crippen molar-refractivity contribution in [2.75, 3.05) is 13.7 Å². The highest BCUT2D eigenvalue weighted by atomic mass is 127. The molecule has 0 unspecified atom stereocenters. The molecule has 3 aromatic rings. The lowest BCUT2D eigenvalue weighted by Gasteiger charge is -2.13. The Kier molecular flexibility index (Phi) is 8.32. The number of para-hydroxylation sites is 2. The highest BCUT2D eigenvalue weighted by Gasteiger charge is 2.05. The van der Waals surface area contributed by atoms with Crippen molar-refractivity contribution in [1.82, 2.24) is 15.6 Å². The molecule has 0 radical (unpaired) electrons. The number of methoxy groups -OCH3 is 1. The van der Waals surface area contributed by atoms with Gasteiger partial charge >= 0.3 is 0 Å². The predicted molar refractivity (Wildman–Crippen MR) is 122 cm³/mol. The van der Waals surface area contributed by atoms with Crippen molar-refractivity contribution in [2.45, 2.75) is 20.0 Å². The van der Waals surface area contributed by atoms with E-state index in [1.165, 1.54) is 0 Å². The van der Waals surface area contributed by atoms with Crippen LogP contribution in [0.2, 0.25) is 0 Å². The van der Waals surface area contributed by atoms with Crippen LogP contribution in [0.4, 0.5) is 0 Å². The number of aromatic nitrogens is 1. The monoisotopic (exact) mass is 476 g/mol. The van der Waals surface area contributed by atoms with E-state index >= 15 is 0 Å². The summed E-state index contributed by atoms with van der Waals surface area (Å²) < 4.78 is 5.40. The molecule has 0 bridgehead atoms. The fraction of sp³-hybridized carbons (Fsp3) is 0.238. The predicted octanol–water partition coefficient (Wildman–Crippen LogP) is 4.12.